The van der Waals surface area contributed by atoms with Crippen molar-refractivity contribution in [3.8, 4) is 0 Å². The summed E-state index contributed by atoms with van der Waals surface area (Å²) in [7, 11) is 0. The molecule has 1 heterocycles. The number of hydrogen-bond acceptors (Lipinski definition) is 4. The van der Waals surface area contributed by atoms with Crippen LogP contribution < -0.4 is 10.6 Å². The summed E-state index contributed by atoms with van der Waals surface area (Å²) in [6.45, 7) is 8.72. The van der Waals surface area contributed by atoms with Crippen molar-refractivity contribution in [3.63, 3.8) is 0 Å². The predicted octanol–water partition coefficient (Wildman–Crippen LogP) is 0.480. The zero-order chi connectivity index (χ0) is 12.3. The molecule has 1 fully saturated rings. The van der Waals surface area contributed by atoms with Crippen LogP contribution in [0.3, 0.4) is 0 Å². The van der Waals surface area contributed by atoms with Gasteiger partial charge in [0.25, 0.3) is 0 Å². The van der Waals surface area contributed by atoms with Crippen molar-refractivity contribution in [2.24, 2.45) is 5.92 Å². The normalized spacial score (nSPS) is 30.9. The van der Waals surface area contributed by atoms with Gasteiger partial charge in [0.2, 0.25) is 0 Å². The third-order valence-corrected chi connectivity index (χ3v) is 2.53. The van der Waals surface area contributed by atoms with Crippen molar-refractivity contribution in [2.45, 2.75) is 45.4 Å². The van der Waals surface area contributed by atoms with E-state index in [1.165, 1.54) is 0 Å². The van der Waals surface area contributed by atoms with Gasteiger partial charge in [-0.05, 0) is 26.7 Å². The van der Waals surface area contributed by atoms with Crippen molar-refractivity contribution < 1.29 is 14.6 Å². The summed E-state index contributed by atoms with van der Waals surface area (Å²) in [4.78, 5) is 11.5. The van der Waals surface area contributed by atoms with Gasteiger partial charge >= 0.3 is 6.09 Å². The number of carbonyl (C=O) groups is 1. The minimum Gasteiger partial charge on any atom is -0.444 e. The van der Waals surface area contributed by atoms with Gasteiger partial charge in [0.15, 0.2) is 0 Å². The van der Waals surface area contributed by atoms with Crippen LogP contribution >= 0.6 is 0 Å². The summed E-state index contributed by atoms with van der Waals surface area (Å²) in [5.41, 5.74) is -0.511. The van der Waals surface area contributed by atoms with Gasteiger partial charge in [0.1, 0.15) is 5.60 Å². The van der Waals surface area contributed by atoms with Crippen LogP contribution in [0.1, 0.15) is 27.7 Å². The Morgan fingerprint density at radius 2 is 2.06 bits per heavy atom. The molecular formula is C11H22N2O3. The van der Waals surface area contributed by atoms with E-state index >= 15 is 0 Å². The molecule has 0 saturated carbocycles. The van der Waals surface area contributed by atoms with Crippen LogP contribution in [-0.2, 0) is 4.74 Å². The summed E-state index contributed by atoms with van der Waals surface area (Å²) in [5.74, 6) is 0.133. The van der Waals surface area contributed by atoms with Gasteiger partial charge in [-0.1, -0.05) is 6.92 Å². The van der Waals surface area contributed by atoms with E-state index in [1.807, 2.05) is 27.7 Å². The molecule has 0 spiro atoms. The molecule has 0 unspecified atom stereocenters. The molecule has 16 heavy (non-hydrogen) atoms. The average Bonchev–Trinajstić information content (AvgIpc) is 2.09. The summed E-state index contributed by atoms with van der Waals surface area (Å²) in [5, 5.41) is 15.7. The summed E-state index contributed by atoms with van der Waals surface area (Å²) < 4.78 is 5.14. The van der Waals surface area contributed by atoms with E-state index in [0.717, 1.165) is 6.54 Å². The first kappa shape index (κ1) is 13.3. The fourth-order valence-electron chi connectivity index (χ4n) is 1.70. The Bertz CT molecular complexity index is 250. The predicted molar refractivity (Wildman–Crippen MR) is 61.2 cm³/mol. The Balaban J connectivity index is 2.44. The zero-order valence-electron chi connectivity index (χ0n) is 10.4. The van der Waals surface area contributed by atoms with Gasteiger partial charge in [-0.15, -0.1) is 0 Å². The van der Waals surface area contributed by atoms with Gasteiger partial charge in [0.05, 0.1) is 12.1 Å². The lowest BCUT2D eigenvalue weighted by molar-refractivity contribution is 0.0265. The number of aliphatic hydroxyl groups is 1. The van der Waals surface area contributed by atoms with Gasteiger partial charge in [-0.25, -0.2) is 4.79 Å². The fraction of sp³-hybridized carbons (Fsp3) is 0.909. The van der Waals surface area contributed by atoms with Gasteiger partial charge in [0, 0.05) is 13.1 Å². The van der Waals surface area contributed by atoms with Crippen molar-refractivity contribution in [1.29, 1.82) is 0 Å². The molecule has 1 amide bonds. The van der Waals surface area contributed by atoms with E-state index in [9.17, 15) is 9.90 Å². The van der Waals surface area contributed by atoms with E-state index in [4.69, 9.17) is 4.74 Å². The van der Waals surface area contributed by atoms with E-state index in [2.05, 4.69) is 10.6 Å². The van der Waals surface area contributed by atoms with E-state index in [1.54, 1.807) is 0 Å². The Morgan fingerprint density at radius 1 is 1.44 bits per heavy atom. The number of piperidine rings is 1. The monoisotopic (exact) mass is 230 g/mol. The Kier molecular flexibility index (Phi) is 4.15. The first-order chi connectivity index (χ1) is 7.29. The number of hydrogen-bond donors (Lipinski definition) is 3. The standard InChI is InChI=1S/C11H22N2O3/c1-7-5-12-6-8(9(7)14)13-10(15)16-11(2,3)4/h7-9,12,14H,5-6H2,1-4H3,(H,13,15)/t7-,8+,9-/m0/s1. The quantitative estimate of drug-likeness (QED) is 0.613. The SMILES string of the molecule is C[C@H]1CNC[C@@H](NC(=O)OC(C)(C)C)[C@H]1O. The van der Waals surface area contributed by atoms with Crippen LogP contribution in [0.4, 0.5) is 4.79 Å². The molecule has 5 heteroatoms. The van der Waals surface area contributed by atoms with Gasteiger partial charge in [-0.2, -0.15) is 0 Å². The maximum atomic E-state index is 11.5. The molecule has 3 atom stereocenters. The first-order valence-corrected chi connectivity index (χ1v) is 5.68. The van der Waals surface area contributed by atoms with E-state index < -0.39 is 17.8 Å². The highest BCUT2D eigenvalue weighted by molar-refractivity contribution is 5.68. The molecule has 0 aromatic carbocycles. The van der Waals surface area contributed by atoms with Crippen molar-refractivity contribution >= 4 is 6.09 Å². The molecule has 3 N–H and O–H groups in total. The molecule has 0 aromatic rings. The maximum absolute atomic E-state index is 11.5. The summed E-state index contributed by atoms with van der Waals surface area (Å²) >= 11 is 0. The van der Waals surface area contributed by atoms with Crippen LogP contribution in [0, 0.1) is 5.92 Å². The molecule has 0 bridgehead atoms. The molecule has 1 aliphatic heterocycles. The number of amides is 1. The van der Waals surface area contributed by atoms with E-state index in [0.29, 0.717) is 6.54 Å². The van der Waals surface area contributed by atoms with Crippen molar-refractivity contribution in [1.82, 2.24) is 10.6 Å². The lowest BCUT2D eigenvalue weighted by atomic mass is 9.94. The molecule has 0 radical (unpaired) electrons. The summed E-state index contributed by atoms with van der Waals surface area (Å²) in [6, 6.07) is -0.279. The Labute approximate surface area is 96.6 Å². The van der Waals surface area contributed by atoms with Crippen LogP contribution in [0.25, 0.3) is 0 Å². The molecule has 5 nitrogen and oxygen atoms in total. The van der Waals surface area contributed by atoms with Crippen molar-refractivity contribution in [3.05, 3.63) is 0 Å². The molecule has 94 valence electrons. The number of carbonyl (C=O) groups excluding carboxylic acids is 1. The third kappa shape index (κ3) is 3.98. The highest BCUT2D eigenvalue weighted by atomic mass is 16.6. The molecule has 1 aliphatic rings. The van der Waals surface area contributed by atoms with Crippen LogP contribution in [-0.4, -0.2) is 42.0 Å². The number of ether oxygens (including phenoxy) is 1. The molecule has 1 rings (SSSR count). The number of alkyl carbamates (subject to hydrolysis) is 1. The number of aliphatic hydroxyl groups excluding tert-OH is 1. The second-order valence-electron chi connectivity index (χ2n) is 5.38. The maximum Gasteiger partial charge on any atom is 0.408 e. The molecule has 1 saturated heterocycles. The minimum absolute atomic E-state index is 0.133. The van der Waals surface area contributed by atoms with Crippen LogP contribution in [0.2, 0.25) is 0 Å². The number of rotatable bonds is 1. The third-order valence-electron chi connectivity index (χ3n) is 2.53. The minimum atomic E-state index is -0.520. The fourth-order valence-corrected chi connectivity index (χ4v) is 1.70. The van der Waals surface area contributed by atoms with E-state index in [-0.39, 0.29) is 12.0 Å². The second-order valence-corrected chi connectivity index (χ2v) is 5.38. The Hall–Kier alpha value is -0.810. The second kappa shape index (κ2) is 5.01. The van der Waals surface area contributed by atoms with Crippen LogP contribution in [0.5, 0.6) is 0 Å². The zero-order valence-corrected chi connectivity index (χ0v) is 10.4. The van der Waals surface area contributed by atoms with Crippen LogP contribution in [0.15, 0.2) is 0 Å². The molecular weight excluding hydrogens is 208 g/mol. The lowest BCUT2D eigenvalue weighted by Crippen LogP contribution is -2.57. The first-order valence-electron chi connectivity index (χ1n) is 5.68. The largest absolute Gasteiger partial charge is 0.444 e. The van der Waals surface area contributed by atoms with Gasteiger partial charge in [-0.3, -0.25) is 0 Å². The average molecular weight is 230 g/mol. The highest BCUT2D eigenvalue weighted by Crippen LogP contribution is 2.12. The summed E-state index contributed by atoms with van der Waals surface area (Å²) in [6.07, 6.45) is -0.999. The topological polar surface area (TPSA) is 70.6 Å². The van der Waals surface area contributed by atoms with Crippen molar-refractivity contribution in [2.75, 3.05) is 13.1 Å². The number of nitrogens with one attached hydrogen (secondary N) is 2. The smallest absolute Gasteiger partial charge is 0.408 e. The van der Waals surface area contributed by atoms with Gasteiger partial charge < -0.3 is 20.5 Å². The highest BCUT2D eigenvalue weighted by Gasteiger charge is 2.31. The molecule has 0 aliphatic carbocycles. The lowest BCUT2D eigenvalue weighted by Gasteiger charge is -2.34. The Morgan fingerprint density at radius 3 is 2.62 bits per heavy atom. The molecule has 0 aromatic heterocycles.